The monoisotopic (exact) mass is 336 g/mol. The molecule has 0 unspecified atom stereocenters. The van der Waals surface area contributed by atoms with Crippen molar-refractivity contribution in [1.29, 1.82) is 0 Å². The molecule has 3 N–H and O–H groups in total. The van der Waals surface area contributed by atoms with Crippen LogP contribution in [0.2, 0.25) is 0 Å². The molecule has 0 bridgehead atoms. The number of anilines is 1. The van der Waals surface area contributed by atoms with Crippen LogP contribution in [0.25, 0.3) is 0 Å². The highest BCUT2D eigenvalue weighted by molar-refractivity contribution is 8.01. The van der Waals surface area contributed by atoms with E-state index in [9.17, 15) is 4.79 Å². The molecule has 0 aliphatic rings. The van der Waals surface area contributed by atoms with Crippen molar-refractivity contribution in [3.63, 3.8) is 0 Å². The van der Waals surface area contributed by atoms with E-state index < -0.39 is 0 Å². The summed E-state index contributed by atoms with van der Waals surface area (Å²) in [5.41, 5.74) is 10.4. The highest BCUT2D eigenvalue weighted by Gasteiger charge is 2.14. The Kier molecular flexibility index (Phi) is 5.42. The maximum Gasteiger partial charge on any atom is 0.230 e. The Hall–Kier alpha value is -1.60. The minimum absolute atomic E-state index is 0.0214. The molecule has 118 valence electrons. The van der Waals surface area contributed by atoms with Crippen LogP contribution in [0.4, 0.5) is 5.13 Å². The van der Waals surface area contributed by atoms with Gasteiger partial charge in [-0.1, -0.05) is 35.2 Å². The zero-order valence-electron chi connectivity index (χ0n) is 13.1. The maximum absolute atomic E-state index is 12.1. The first-order valence-electron chi connectivity index (χ1n) is 6.95. The van der Waals surface area contributed by atoms with Gasteiger partial charge >= 0.3 is 0 Å². The molecule has 0 saturated carbocycles. The predicted molar refractivity (Wildman–Crippen MR) is 92.3 cm³/mol. The van der Waals surface area contributed by atoms with E-state index in [2.05, 4.69) is 48.4 Å². The molecule has 1 aromatic heterocycles. The van der Waals surface area contributed by atoms with Gasteiger partial charge < -0.3 is 11.1 Å². The van der Waals surface area contributed by atoms with Crippen LogP contribution in [0.5, 0.6) is 0 Å². The van der Waals surface area contributed by atoms with Gasteiger partial charge in [0.25, 0.3) is 0 Å². The van der Waals surface area contributed by atoms with Gasteiger partial charge in [0.05, 0.1) is 11.8 Å². The summed E-state index contributed by atoms with van der Waals surface area (Å²) >= 11 is 2.64. The number of benzene rings is 1. The Morgan fingerprint density at radius 1 is 1.27 bits per heavy atom. The lowest BCUT2D eigenvalue weighted by Crippen LogP contribution is -2.28. The van der Waals surface area contributed by atoms with Crippen molar-refractivity contribution in [2.75, 3.05) is 11.5 Å². The van der Waals surface area contributed by atoms with Gasteiger partial charge in [0.1, 0.15) is 0 Å². The number of thioether (sulfide) groups is 1. The van der Waals surface area contributed by atoms with E-state index in [0.29, 0.717) is 15.2 Å². The quantitative estimate of drug-likeness (QED) is 0.820. The van der Waals surface area contributed by atoms with Crippen LogP contribution >= 0.6 is 23.1 Å². The first-order chi connectivity index (χ1) is 10.4. The average molecular weight is 336 g/mol. The summed E-state index contributed by atoms with van der Waals surface area (Å²) in [5.74, 6) is 0.284. The van der Waals surface area contributed by atoms with Gasteiger partial charge in [0, 0.05) is 0 Å². The summed E-state index contributed by atoms with van der Waals surface area (Å²) < 4.78 is 0.711. The second-order valence-electron chi connectivity index (χ2n) is 5.28. The number of hydrogen-bond acceptors (Lipinski definition) is 6. The van der Waals surface area contributed by atoms with Gasteiger partial charge in [-0.05, 0) is 49.9 Å². The van der Waals surface area contributed by atoms with Crippen LogP contribution in [-0.2, 0) is 4.79 Å². The second kappa shape index (κ2) is 7.11. The largest absolute Gasteiger partial charge is 0.374 e. The van der Waals surface area contributed by atoms with Crippen molar-refractivity contribution in [2.24, 2.45) is 0 Å². The zero-order chi connectivity index (χ0) is 16.3. The number of amides is 1. The molecular formula is C15H20N4OS2. The van der Waals surface area contributed by atoms with E-state index in [1.807, 2.05) is 6.92 Å². The number of rotatable bonds is 5. The summed E-state index contributed by atoms with van der Waals surface area (Å²) in [5, 5.41) is 11.1. The Morgan fingerprint density at radius 2 is 1.95 bits per heavy atom. The Bertz CT molecular complexity index is 684. The number of aryl methyl sites for hydroxylation is 3. The van der Waals surface area contributed by atoms with Gasteiger partial charge in [0.15, 0.2) is 4.34 Å². The van der Waals surface area contributed by atoms with Crippen LogP contribution < -0.4 is 11.1 Å². The van der Waals surface area contributed by atoms with Crippen molar-refractivity contribution < 1.29 is 4.79 Å². The molecular weight excluding hydrogens is 316 g/mol. The molecule has 0 saturated heterocycles. The first-order valence-corrected chi connectivity index (χ1v) is 8.76. The lowest BCUT2D eigenvalue weighted by atomic mass is 9.96. The van der Waals surface area contributed by atoms with Crippen molar-refractivity contribution in [1.82, 2.24) is 15.5 Å². The SMILES string of the molecule is Cc1cc(C)c([C@@H](C)NC(=O)CSc2nnc(N)s2)cc1C. The van der Waals surface area contributed by atoms with Crippen LogP contribution in [0.15, 0.2) is 16.5 Å². The summed E-state index contributed by atoms with van der Waals surface area (Å²) in [6.07, 6.45) is 0. The van der Waals surface area contributed by atoms with Gasteiger partial charge in [-0.2, -0.15) is 0 Å². The van der Waals surface area contributed by atoms with Crippen molar-refractivity contribution in [3.05, 3.63) is 34.4 Å². The number of nitrogens with two attached hydrogens (primary N) is 1. The highest BCUT2D eigenvalue weighted by Crippen LogP contribution is 2.24. The van der Waals surface area contributed by atoms with Crippen molar-refractivity contribution >= 4 is 34.1 Å². The number of nitrogen functional groups attached to an aromatic ring is 1. The highest BCUT2D eigenvalue weighted by atomic mass is 32.2. The molecule has 1 heterocycles. The fourth-order valence-corrected chi connectivity index (χ4v) is 3.66. The number of nitrogens with one attached hydrogen (secondary N) is 1. The molecule has 2 aromatic rings. The predicted octanol–water partition coefficient (Wildman–Crippen LogP) is 3.02. The number of nitrogens with zero attached hydrogens (tertiary/aromatic N) is 2. The van der Waals surface area contributed by atoms with Gasteiger partial charge in [-0.15, -0.1) is 10.2 Å². The topological polar surface area (TPSA) is 80.9 Å². The van der Waals surface area contributed by atoms with Crippen LogP contribution in [0, 0.1) is 20.8 Å². The van der Waals surface area contributed by atoms with E-state index in [0.717, 1.165) is 5.56 Å². The Morgan fingerprint density at radius 3 is 2.59 bits per heavy atom. The fourth-order valence-electron chi connectivity index (χ4n) is 2.22. The minimum atomic E-state index is -0.0242. The second-order valence-corrected chi connectivity index (χ2v) is 7.51. The molecule has 0 fully saturated rings. The van der Waals surface area contributed by atoms with Crippen molar-refractivity contribution in [2.45, 2.75) is 38.1 Å². The average Bonchev–Trinajstić information content (AvgIpc) is 2.86. The molecule has 22 heavy (non-hydrogen) atoms. The van der Waals surface area contributed by atoms with Gasteiger partial charge in [0.2, 0.25) is 11.0 Å². The molecule has 0 aliphatic heterocycles. The standard InChI is InChI=1S/C15H20N4OS2/c1-8-5-10(3)12(6-9(8)2)11(4)17-13(20)7-21-15-19-18-14(16)22-15/h5-6,11H,7H2,1-4H3,(H2,16,18)(H,17,20)/t11-/m1/s1. The smallest absolute Gasteiger partial charge is 0.230 e. The molecule has 1 amide bonds. The van der Waals surface area contributed by atoms with Crippen molar-refractivity contribution in [3.8, 4) is 0 Å². The van der Waals surface area contributed by atoms with Crippen LogP contribution in [0.1, 0.15) is 35.2 Å². The molecule has 2 rings (SSSR count). The van der Waals surface area contributed by atoms with Crippen LogP contribution in [-0.4, -0.2) is 21.9 Å². The Balaban J connectivity index is 1.95. The first kappa shape index (κ1) is 16.8. The maximum atomic E-state index is 12.1. The normalized spacial score (nSPS) is 12.2. The molecule has 0 aliphatic carbocycles. The van der Waals surface area contributed by atoms with Gasteiger partial charge in [-0.25, -0.2) is 0 Å². The van der Waals surface area contributed by atoms with E-state index >= 15 is 0 Å². The number of aromatic nitrogens is 2. The summed E-state index contributed by atoms with van der Waals surface area (Å²) in [7, 11) is 0. The van der Waals surface area contributed by atoms with E-state index in [1.165, 1.54) is 39.8 Å². The summed E-state index contributed by atoms with van der Waals surface area (Å²) in [6.45, 7) is 8.26. The third-order valence-electron chi connectivity index (χ3n) is 3.48. The number of carbonyl (C=O) groups excluding carboxylic acids is 1. The van der Waals surface area contributed by atoms with Gasteiger partial charge in [-0.3, -0.25) is 4.79 Å². The molecule has 5 nitrogen and oxygen atoms in total. The number of hydrogen-bond donors (Lipinski definition) is 2. The lowest BCUT2D eigenvalue weighted by molar-refractivity contribution is -0.119. The third-order valence-corrected chi connectivity index (χ3v) is 5.36. The number of carbonyl (C=O) groups is 1. The van der Waals surface area contributed by atoms with E-state index in [4.69, 9.17) is 5.73 Å². The summed E-state index contributed by atoms with van der Waals surface area (Å²) in [4.78, 5) is 12.1. The van der Waals surface area contributed by atoms with Crippen LogP contribution in [0.3, 0.4) is 0 Å². The lowest BCUT2D eigenvalue weighted by Gasteiger charge is -2.18. The van der Waals surface area contributed by atoms with E-state index in [-0.39, 0.29) is 11.9 Å². The molecule has 0 spiro atoms. The third kappa shape index (κ3) is 4.20. The molecule has 0 radical (unpaired) electrons. The fraction of sp³-hybridized carbons (Fsp3) is 0.400. The van der Waals surface area contributed by atoms with E-state index in [1.54, 1.807) is 0 Å². The molecule has 7 heteroatoms. The molecule has 1 aromatic carbocycles. The molecule has 1 atom stereocenters. The summed E-state index contributed by atoms with van der Waals surface area (Å²) in [6, 6.07) is 4.28. The zero-order valence-corrected chi connectivity index (χ0v) is 14.8. The minimum Gasteiger partial charge on any atom is -0.374 e. The Labute approximate surface area is 138 Å².